The Morgan fingerprint density at radius 1 is 0.884 bits per heavy atom. The number of carbonyl (C=O) groups excluding carboxylic acids is 3. The van der Waals surface area contributed by atoms with E-state index >= 15 is 4.79 Å². The number of aliphatic hydroxyl groups excluding tert-OH is 3. The Morgan fingerprint density at radius 2 is 1.65 bits per heavy atom. The van der Waals surface area contributed by atoms with Gasteiger partial charge in [-0.15, -0.1) is 0 Å². The molecule has 370 valence electrons. The lowest BCUT2D eigenvalue weighted by molar-refractivity contribution is -0.176. The molecule has 3 heterocycles. The number of aromatic hydroxyl groups is 1. The van der Waals surface area contributed by atoms with Crippen molar-refractivity contribution in [2.24, 2.45) is 11.8 Å². The van der Waals surface area contributed by atoms with Gasteiger partial charge in [0, 0.05) is 60.0 Å². The summed E-state index contributed by atoms with van der Waals surface area (Å²) in [5.74, 6) is 3.94. The van der Waals surface area contributed by atoms with E-state index in [0.717, 1.165) is 73.7 Å². The largest absolute Gasteiger partial charge is 0.507 e. The maximum atomic E-state index is 15.3. The molecule has 8 bridgehead atoms. The Morgan fingerprint density at radius 3 is 2.39 bits per heavy atom. The fraction of sp³-hybridized carbons (Fsp3) is 0.569. The average Bonchev–Trinajstić information content (AvgIpc) is 3.33. The number of fused-ring (bicyclic) bond motifs is 8. The van der Waals surface area contributed by atoms with Gasteiger partial charge in [-0.1, -0.05) is 94.5 Å². The molecule has 0 amide bonds. The van der Waals surface area contributed by atoms with E-state index in [0.29, 0.717) is 65.7 Å². The van der Waals surface area contributed by atoms with Crippen LogP contribution in [0.4, 0.5) is 5.69 Å². The minimum absolute atomic E-state index is 0.0298. The van der Waals surface area contributed by atoms with E-state index < -0.39 is 53.6 Å². The van der Waals surface area contributed by atoms with Gasteiger partial charge >= 0.3 is 11.9 Å². The number of phenols is 1. The van der Waals surface area contributed by atoms with Crippen LogP contribution in [0.1, 0.15) is 179 Å². The molecule has 69 heavy (non-hydrogen) atoms. The molecule has 2 saturated carbocycles. The lowest BCUT2D eigenvalue weighted by atomic mass is 9.66. The molecule has 2 aliphatic carbocycles. The number of benzene rings is 3. The number of hydrogen-bond acceptors (Lipinski definition) is 11. The van der Waals surface area contributed by atoms with Crippen LogP contribution in [-0.2, 0) is 51.4 Å². The quantitative estimate of drug-likeness (QED) is 0.0441. The van der Waals surface area contributed by atoms with Crippen molar-refractivity contribution >= 4 is 23.4 Å². The zero-order valence-corrected chi connectivity index (χ0v) is 40.9. The fourth-order valence-electron chi connectivity index (χ4n) is 12.1. The molecule has 0 unspecified atom stereocenters. The Hall–Kier alpha value is -4.99. The summed E-state index contributed by atoms with van der Waals surface area (Å²) in [5.41, 5.74) is 5.06. The third-order valence-corrected chi connectivity index (χ3v) is 15.7. The number of carbonyl (C=O) groups is 3. The average molecular weight is 944 g/mol. The summed E-state index contributed by atoms with van der Waals surface area (Å²) in [7, 11) is 0. The zero-order chi connectivity index (χ0) is 48.8. The van der Waals surface area contributed by atoms with Crippen LogP contribution in [0.5, 0.6) is 11.5 Å². The third-order valence-electron chi connectivity index (χ3n) is 15.7. The highest BCUT2D eigenvalue weighted by Crippen LogP contribution is 2.51. The third kappa shape index (κ3) is 11.5. The molecule has 3 aromatic carbocycles. The predicted molar refractivity (Wildman–Crippen MR) is 265 cm³/mol. The van der Waals surface area contributed by atoms with Crippen LogP contribution in [0.2, 0.25) is 0 Å². The summed E-state index contributed by atoms with van der Waals surface area (Å²) in [6, 6.07) is 13.6. The molecule has 0 aromatic heterocycles. The monoisotopic (exact) mass is 944 g/mol. The second-order valence-electron chi connectivity index (χ2n) is 20.8. The van der Waals surface area contributed by atoms with E-state index in [1.54, 1.807) is 6.92 Å². The molecular formula is C58H73NO10. The number of ketones is 1. The first-order chi connectivity index (χ1) is 33.3. The van der Waals surface area contributed by atoms with Crippen molar-refractivity contribution in [3.8, 4) is 23.3 Å². The number of esters is 2. The molecule has 8 rings (SSSR count). The van der Waals surface area contributed by atoms with Crippen molar-refractivity contribution in [1.82, 2.24) is 0 Å². The lowest BCUT2D eigenvalue weighted by Crippen LogP contribution is -2.54. The minimum Gasteiger partial charge on any atom is -0.507 e. The van der Waals surface area contributed by atoms with Gasteiger partial charge in [0.1, 0.15) is 29.0 Å². The summed E-state index contributed by atoms with van der Waals surface area (Å²) in [4.78, 5) is 42.8. The van der Waals surface area contributed by atoms with Gasteiger partial charge in [-0.25, -0.2) is 4.79 Å². The van der Waals surface area contributed by atoms with Gasteiger partial charge in [-0.3, -0.25) is 9.59 Å². The van der Waals surface area contributed by atoms with Crippen LogP contribution in [0, 0.1) is 23.7 Å². The van der Waals surface area contributed by atoms with E-state index in [-0.39, 0.29) is 80.6 Å². The molecule has 11 nitrogen and oxygen atoms in total. The first-order valence-electron chi connectivity index (χ1n) is 26.0. The Bertz CT molecular complexity index is 2460. The topological polar surface area (TPSA) is 183 Å². The van der Waals surface area contributed by atoms with Gasteiger partial charge in [-0.05, 0) is 128 Å². The SMILES string of the molecule is CCCCCc1c(CO)cc([C@@H]2C#C[C@H]3CC(=O)Oc4c3cc(c(O)c4C3CCCCC3)C[C@H]3OC(=O)/C(=C\[C@H](O)Cc4cccc(c4)C[C@@H]4C[C@H](CCC4=O)[C@@]3(O)CCC)C2)cc1NC[C@H](C)O. The number of aliphatic hydroxyl groups is 4. The highest BCUT2D eigenvalue weighted by atomic mass is 16.6. The van der Waals surface area contributed by atoms with E-state index in [1.165, 1.54) is 6.08 Å². The van der Waals surface area contributed by atoms with Crippen molar-refractivity contribution in [3.63, 3.8) is 0 Å². The van der Waals surface area contributed by atoms with E-state index in [2.05, 4.69) is 24.1 Å². The number of unbranched alkanes of at least 4 members (excludes halogenated alkanes) is 2. The number of Topliss-reactive ketones (excluding diaryl/α,β-unsaturated/α-hetero) is 1. The van der Waals surface area contributed by atoms with Crippen LogP contribution in [0.25, 0.3) is 0 Å². The first kappa shape index (κ1) is 50.4. The smallest absolute Gasteiger partial charge is 0.334 e. The lowest BCUT2D eigenvalue weighted by Gasteiger charge is -2.45. The zero-order valence-electron chi connectivity index (χ0n) is 40.9. The van der Waals surface area contributed by atoms with Gasteiger partial charge in [0.05, 0.1) is 31.2 Å². The molecule has 8 atom stereocenters. The van der Waals surface area contributed by atoms with Gasteiger partial charge in [-0.2, -0.15) is 0 Å². The molecule has 3 aliphatic heterocycles. The summed E-state index contributed by atoms with van der Waals surface area (Å²) in [6.07, 6.45) is 9.11. The van der Waals surface area contributed by atoms with Crippen LogP contribution in [0.3, 0.4) is 0 Å². The molecule has 0 spiro atoms. The molecule has 2 fully saturated rings. The second kappa shape index (κ2) is 22.4. The minimum atomic E-state index is -1.63. The number of ether oxygens (including phenoxy) is 2. The highest BCUT2D eigenvalue weighted by Gasteiger charge is 2.49. The maximum absolute atomic E-state index is 15.3. The molecule has 3 aromatic rings. The Labute approximate surface area is 408 Å². The van der Waals surface area contributed by atoms with Gasteiger partial charge in [0.2, 0.25) is 0 Å². The van der Waals surface area contributed by atoms with Gasteiger partial charge in [0.15, 0.2) is 0 Å². The molecular weight excluding hydrogens is 871 g/mol. The molecule has 0 radical (unpaired) electrons. The van der Waals surface area contributed by atoms with E-state index in [4.69, 9.17) is 9.47 Å². The van der Waals surface area contributed by atoms with Crippen LogP contribution < -0.4 is 10.1 Å². The maximum Gasteiger partial charge on any atom is 0.334 e. The molecule has 6 N–H and O–H groups in total. The van der Waals surface area contributed by atoms with E-state index in [9.17, 15) is 35.1 Å². The van der Waals surface area contributed by atoms with Crippen molar-refractivity contribution in [2.45, 2.75) is 191 Å². The number of rotatable bonds is 12. The van der Waals surface area contributed by atoms with Crippen molar-refractivity contribution in [2.75, 3.05) is 11.9 Å². The predicted octanol–water partition coefficient (Wildman–Crippen LogP) is 9.10. The van der Waals surface area contributed by atoms with E-state index in [1.807, 2.05) is 49.4 Å². The normalized spacial score (nSPS) is 27.6. The number of hydrogen-bond donors (Lipinski definition) is 6. The van der Waals surface area contributed by atoms with Crippen LogP contribution in [-0.4, -0.2) is 73.7 Å². The highest BCUT2D eigenvalue weighted by molar-refractivity contribution is 5.89. The van der Waals surface area contributed by atoms with Crippen LogP contribution in [0.15, 0.2) is 54.1 Å². The number of phenolic OH excluding ortho intramolecular Hbond substituents is 1. The van der Waals surface area contributed by atoms with Crippen molar-refractivity contribution in [1.29, 1.82) is 0 Å². The summed E-state index contributed by atoms with van der Waals surface area (Å²) < 4.78 is 12.9. The fourth-order valence-corrected chi connectivity index (χ4v) is 12.1. The number of anilines is 1. The second-order valence-corrected chi connectivity index (χ2v) is 20.8. The van der Waals surface area contributed by atoms with Gasteiger partial charge in [0.25, 0.3) is 0 Å². The first-order valence-corrected chi connectivity index (χ1v) is 26.0. The Balaban J connectivity index is 1.37. The van der Waals surface area contributed by atoms with Crippen LogP contribution >= 0.6 is 0 Å². The number of nitrogens with one attached hydrogen (secondary N) is 1. The summed E-state index contributed by atoms with van der Waals surface area (Å²) in [6.45, 7) is 5.82. The van der Waals surface area contributed by atoms with Crippen molar-refractivity contribution < 1.29 is 49.4 Å². The Kier molecular flexibility index (Phi) is 16.4. The summed E-state index contributed by atoms with van der Waals surface area (Å²) >= 11 is 0. The molecule has 0 saturated heterocycles. The molecule has 5 aliphatic rings. The molecule has 11 heteroatoms. The van der Waals surface area contributed by atoms with Gasteiger partial charge < -0.3 is 40.3 Å². The van der Waals surface area contributed by atoms with Crippen molar-refractivity contribution in [3.05, 3.63) is 98.6 Å². The summed E-state index contributed by atoms with van der Waals surface area (Å²) in [5, 5.41) is 62.7. The standard InChI is InChI=1S/C58H73NO10/c1-4-6-8-16-48-45(34-60)26-41(30-50(48)59-33-35(3)61)39-17-18-40-32-53(64)69-56-49(40)29-43(55(65)54(56)38-14-9-7-10-15-38)31-52-58(67,21-5-2)46-19-20-51(63)42(27-46)23-36-12-11-13-37(22-36)24-47(62)28-44(25-39)57(66)68-52/h11-13,22,26,28-30,35,38-40,42,46-47,52,59-62,65,67H,4-10,14-16,19-21,23-25,27,31-34H2,1-3H3/b44-28-/t35-,39+,40-,42+,46-,47+,52+,58-/m0/s1.